The van der Waals surface area contributed by atoms with Gasteiger partial charge in [0.2, 0.25) is 5.91 Å². The van der Waals surface area contributed by atoms with Gasteiger partial charge in [-0.25, -0.2) is 9.59 Å². The summed E-state index contributed by atoms with van der Waals surface area (Å²) in [5.74, 6) is -1.94. The van der Waals surface area contributed by atoms with Crippen LogP contribution in [0.1, 0.15) is 42.0 Å². The zero-order valence-electron chi connectivity index (χ0n) is 23.7. The minimum atomic E-state index is -1.61. The van der Waals surface area contributed by atoms with Crippen LogP contribution < -0.4 is 10.6 Å². The smallest absolute Gasteiger partial charge is 0.408 e. The lowest BCUT2D eigenvalue weighted by molar-refractivity contribution is -0.147. The van der Waals surface area contributed by atoms with Gasteiger partial charge in [0.15, 0.2) is 0 Å². The maximum Gasteiger partial charge on any atom is 0.408 e. The van der Waals surface area contributed by atoms with E-state index in [1.54, 1.807) is 6.92 Å². The van der Waals surface area contributed by atoms with Crippen LogP contribution >= 0.6 is 0 Å². The molecule has 0 fully saturated rings. The second-order valence-corrected chi connectivity index (χ2v) is 11.2. The van der Waals surface area contributed by atoms with Crippen LogP contribution in [0.15, 0.2) is 109 Å². The van der Waals surface area contributed by atoms with E-state index in [2.05, 4.69) is 22.8 Å². The summed E-state index contributed by atoms with van der Waals surface area (Å²) >= 11 is 0. The van der Waals surface area contributed by atoms with Crippen LogP contribution in [0.2, 0.25) is 0 Å². The molecule has 2 amide bonds. The third-order valence-electron chi connectivity index (χ3n) is 7.89. The van der Waals surface area contributed by atoms with E-state index < -0.39 is 29.0 Å². The molecule has 0 bridgehead atoms. The number of aliphatic carboxylic acids is 1. The van der Waals surface area contributed by atoms with Crippen LogP contribution in [0.3, 0.4) is 0 Å². The highest BCUT2D eigenvalue weighted by molar-refractivity contribution is 5.94. The van der Waals surface area contributed by atoms with Gasteiger partial charge in [0.05, 0.1) is 0 Å². The van der Waals surface area contributed by atoms with Crippen molar-refractivity contribution < 1.29 is 24.2 Å². The second kappa shape index (κ2) is 11.9. The summed E-state index contributed by atoms with van der Waals surface area (Å²) in [6.45, 7) is 3.14. The maximum atomic E-state index is 13.9. The number of carboxylic acid groups (broad SMARTS) is 1. The molecule has 1 aliphatic rings. The second-order valence-electron chi connectivity index (χ2n) is 11.2. The lowest BCUT2D eigenvalue weighted by Crippen LogP contribution is -2.64. The maximum absolute atomic E-state index is 13.9. The van der Waals surface area contributed by atoms with E-state index in [0.717, 1.165) is 33.4 Å². The Labute approximate surface area is 245 Å². The molecule has 0 saturated carbocycles. The number of alkyl carbamates (subject to hydrolysis) is 1. The molecule has 7 nitrogen and oxygen atoms in total. The van der Waals surface area contributed by atoms with Crippen molar-refractivity contribution in [3.8, 4) is 11.1 Å². The zero-order chi connectivity index (χ0) is 29.7. The Morgan fingerprint density at radius 2 is 1.12 bits per heavy atom. The summed E-state index contributed by atoms with van der Waals surface area (Å²) in [6.07, 6.45) is -0.558. The van der Waals surface area contributed by atoms with Gasteiger partial charge in [-0.15, -0.1) is 0 Å². The fraction of sp³-hybridized carbons (Fsp3) is 0.229. The van der Waals surface area contributed by atoms with Gasteiger partial charge in [-0.3, -0.25) is 4.79 Å². The largest absolute Gasteiger partial charge is 0.480 e. The Morgan fingerprint density at radius 3 is 1.62 bits per heavy atom. The van der Waals surface area contributed by atoms with Crippen molar-refractivity contribution in [2.75, 3.05) is 6.61 Å². The van der Waals surface area contributed by atoms with Crippen molar-refractivity contribution in [1.82, 2.24) is 10.6 Å². The molecule has 1 aliphatic carbocycles. The van der Waals surface area contributed by atoms with Crippen LogP contribution in [0.25, 0.3) is 11.1 Å². The molecule has 0 heterocycles. The highest BCUT2D eigenvalue weighted by Gasteiger charge is 2.43. The number of ether oxygens (including phenoxy) is 1. The average Bonchev–Trinajstić information content (AvgIpc) is 3.30. The molecule has 42 heavy (non-hydrogen) atoms. The summed E-state index contributed by atoms with van der Waals surface area (Å²) in [7, 11) is 0. The van der Waals surface area contributed by atoms with Gasteiger partial charge in [-0.2, -0.15) is 0 Å². The van der Waals surface area contributed by atoms with Gasteiger partial charge in [-0.1, -0.05) is 109 Å². The number of carbonyl (C=O) groups is 3. The summed E-state index contributed by atoms with van der Waals surface area (Å²) in [4.78, 5) is 39.5. The summed E-state index contributed by atoms with van der Waals surface area (Å²) in [5, 5.41) is 15.6. The number of carboxylic acids is 1. The molecule has 0 radical (unpaired) electrons. The first kappa shape index (κ1) is 28.6. The number of hydrogen-bond donors (Lipinski definition) is 3. The van der Waals surface area contributed by atoms with Crippen molar-refractivity contribution in [2.45, 2.75) is 43.7 Å². The van der Waals surface area contributed by atoms with Gasteiger partial charge >= 0.3 is 12.1 Å². The zero-order valence-corrected chi connectivity index (χ0v) is 23.7. The summed E-state index contributed by atoms with van der Waals surface area (Å²) in [5.41, 5.74) is 2.83. The highest BCUT2D eigenvalue weighted by atomic mass is 16.5. The minimum absolute atomic E-state index is 0.0707. The van der Waals surface area contributed by atoms with Crippen LogP contribution in [0.4, 0.5) is 4.79 Å². The predicted molar refractivity (Wildman–Crippen MR) is 161 cm³/mol. The quantitative estimate of drug-likeness (QED) is 0.229. The molecule has 0 aromatic heterocycles. The summed E-state index contributed by atoms with van der Waals surface area (Å²) < 4.78 is 5.75. The number of amides is 2. The lowest BCUT2D eigenvalue weighted by Gasteiger charge is -2.34. The molecule has 214 valence electrons. The highest BCUT2D eigenvalue weighted by Crippen LogP contribution is 2.44. The van der Waals surface area contributed by atoms with E-state index in [-0.39, 0.29) is 25.4 Å². The van der Waals surface area contributed by atoms with E-state index in [1.807, 2.05) is 97.1 Å². The minimum Gasteiger partial charge on any atom is -0.480 e. The van der Waals surface area contributed by atoms with E-state index in [9.17, 15) is 19.5 Å². The number of nitrogens with one attached hydrogen (secondary N) is 2. The number of fused-ring (bicyclic) bond motifs is 3. The lowest BCUT2D eigenvalue weighted by atomic mass is 9.88. The number of benzene rings is 4. The molecule has 0 saturated heterocycles. The van der Waals surface area contributed by atoms with Crippen LogP contribution in [-0.2, 0) is 27.2 Å². The normalized spacial score (nSPS) is 14.9. The Bertz CT molecular complexity index is 1540. The molecule has 2 atom stereocenters. The first-order chi connectivity index (χ1) is 20.2. The van der Waals surface area contributed by atoms with E-state index in [4.69, 9.17) is 4.74 Å². The molecule has 7 heteroatoms. The molecule has 4 aromatic rings. The monoisotopic (exact) mass is 562 g/mol. The van der Waals surface area contributed by atoms with Crippen LogP contribution in [0, 0.1) is 0 Å². The van der Waals surface area contributed by atoms with Crippen molar-refractivity contribution in [3.05, 3.63) is 131 Å². The topological polar surface area (TPSA) is 105 Å². The van der Waals surface area contributed by atoms with E-state index >= 15 is 0 Å². The first-order valence-corrected chi connectivity index (χ1v) is 14.0. The van der Waals surface area contributed by atoms with Crippen molar-refractivity contribution >= 4 is 18.0 Å². The average molecular weight is 563 g/mol. The number of carbonyl (C=O) groups excluding carboxylic acids is 2. The van der Waals surface area contributed by atoms with Crippen molar-refractivity contribution in [2.24, 2.45) is 0 Å². The Kier molecular flexibility index (Phi) is 8.11. The third kappa shape index (κ3) is 6.05. The van der Waals surface area contributed by atoms with Crippen molar-refractivity contribution in [3.63, 3.8) is 0 Å². The molecule has 3 N–H and O–H groups in total. The van der Waals surface area contributed by atoms with Gasteiger partial charge in [0, 0.05) is 18.8 Å². The predicted octanol–water partition coefficient (Wildman–Crippen LogP) is 5.73. The van der Waals surface area contributed by atoms with Crippen molar-refractivity contribution in [1.29, 1.82) is 0 Å². The van der Waals surface area contributed by atoms with Gasteiger partial charge < -0.3 is 20.5 Å². The fourth-order valence-corrected chi connectivity index (χ4v) is 5.61. The molecule has 5 rings (SSSR count). The molecule has 0 aliphatic heterocycles. The molecular weight excluding hydrogens is 528 g/mol. The van der Waals surface area contributed by atoms with Gasteiger partial charge in [-0.05, 0) is 47.2 Å². The Morgan fingerprint density at radius 1 is 0.667 bits per heavy atom. The standard InChI is InChI=1S/C35H34N2O5/c1-34(21-24-13-5-3-6-14-24,31(38)36-35(2,32(39)40)22-25-15-7-4-8-16-25)37-33(41)42-23-30-28-19-11-9-17-26(28)27-18-10-12-20-29(27)30/h3-20,30H,21-23H2,1-2H3,(H,36,38)(H,37,41)(H,39,40)/t34-,35-/m0/s1. The summed E-state index contributed by atoms with van der Waals surface area (Å²) in [6, 6.07) is 34.5. The molecule has 0 spiro atoms. The molecule has 4 aromatic carbocycles. The fourth-order valence-electron chi connectivity index (χ4n) is 5.61. The van der Waals surface area contributed by atoms with Gasteiger partial charge in [0.1, 0.15) is 17.7 Å². The number of hydrogen-bond acceptors (Lipinski definition) is 4. The van der Waals surface area contributed by atoms with Crippen LogP contribution in [0.5, 0.6) is 0 Å². The first-order valence-electron chi connectivity index (χ1n) is 14.0. The van der Waals surface area contributed by atoms with E-state index in [1.165, 1.54) is 6.92 Å². The third-order valence-corrected chi connectivity index (χ3v) is 7.89. The number of rotatable bonds is 10. The van der Waals surface area contributed by atoms with E-state index in [0.29, 0.717) is 0 Å². The molecular formula is C35H34N2O5. The SMILES string of the molecule is C[C@@](Cc1ccccc1)(NC(=O)[C@](C)(Cc1ccccc1)NC(=O)OCC1c2ccccc2-c2ccccc21)C(=O)O. The molecule has 0 unspecified atom stereocenters. The van der Waals surface area contributed by atoms with Gasteiger partial charge in [0.25, 0.3) is 0 Å². The Balaban J connectivity index is 1.35. The Hall–Kier alpha value is -4.91. The van der Waals surface area contributed by atoms with Crippen LogP contribution in [-0.4, -0.2) is 40.8 Å².